The Morgan fingerprint density at radius 2 is 1.57 bits per heavy atom. The van der Waals surface area contributed by atoms with Crippen molar-refractivity contribution in [3.63, 3.8) is 0 Å². The van der Waals surface area contributed by atoms with Gasteiger partial charge in [-0.05, 0) is 85.6 Å². The van der Waals surface area contributed by atoms with E-state index in [9.17, 15) is 22.0 Å². The maximum Gasteiger partial charge on any atom is 0.419 e. The lowest BCUT2D eigenvalue weighted by Crippen LogP contribution is -2.13. The van der Waals surface area contributed by atoms with Gasteiger partial charge in [0.2, 0.25) is 0 Å². The summed E-state index contributed by atoms with van der Waals surface area (Å²) >= 11 is 0. The summed E-state index contributed by atoms with van der Waals surface area (Å²) in [6, 6.07) is 10.7. The third-order valence-electron chi connectivity index (χ3n) is 5.98. The minimum absolute atomic E-state index is 0.293. The zero-order valence-electron chi connectivity index (χ0n) is 16.9. The van der Waals surface area contributed by atoms with E-state index >= 15 is 0 Å². The van der Waals surface area contributed by atoms with Crippen LogP contribution in [0.3, 0.4) is 0 Å². The molecule has 0 unspecified atom stereocenters. The van der Waals surface area contributed by atoms with Crippen molar-refractivity contribution in [1.82, 2.24) is 0 Å². The Morgan fingerprint density at radius 3 is 2.17 bits per heavy atom. The van der Waals surface area contributed by atoms with E-state index in [1.165, 1.54) is 24.5 Å². The molecule has 0 spiro atoms. The standard InChI is InChI=1S/C25H27F5/c26-16-2-1-3-18-4-6-19(7-5-18)8-9-20-10-12-21(13-11-20)22-14-15-23(24(27)17-22)25(28,29)30/h1,3,10-15,17-19H,2,4-9,16H2/b3-1+/t18-,19-. The molecule has 0 aliphatic heterocycles. The number of benzene rings is 2. The topological polar surface area (TPSA) is 0 Å². The highest BCUT2D eigenvalue weighted by Crippen LogP contribution is 2.34. The number of halogens is 5. The Labute approximate surface area is 174 Å². The first-order valence-electron chi connectivity index (χ1n) is 10.6. The minimum Gasteiger partial charge on any atom is -0.251 e. The van der Waals surface area contributed by atoms with E-state index in [4.69, 9.17) is 0 Å². The molecule has 1 saturated carbocycles. The molecule has 162 valence electrons. The average molecular weight is 422 g/mol. The zero-order chi connectivity index (χ0) is 21.6. The van der Waals surface area contributed by atoms with Gasteiger partial charge in [0, 0.05) is 0 Å². The predicted octanol–water partition coefficient (Wildman–Crippen LogP) is 8.17. The Hall–Kier alpha value is -2.17. The molecule has 0 N–H and O–H groups in total. The lowest BCUT2D eigenvalue weighted by Gasteiger charge is -2.26. The molecule has 0 amide bonds. The zero-order valence-corrected chi connectivity index (χ0v) is 16.9. The number of allylic oxidation sites excluding steroid dienone is 2. The van der Waals surface area contributed by atoms with Gasteiger partial charge >= 0.3 is 6.18 Å². The van der Waals surface area contributed by atoms with Crippen molar-refractivity contribution in [2.75, 3.05) is 6.67 Å². The number of rotatable bonds is 7. The Kier molecular flexibility index (Phi) is 7.68. The number of hydrogen-bond acceptors (Lipinski definition) is 0. The van der Waals surface area contributed by atoms with Gasteiger partial charge in [-0.15, -0.1) is 0 Å². The van der Waals surface area contributed by atoms with E-state index in [2.05, 4.69) is 6.08 Å². The van der Waals surface area contributed by atoms with Gasteiger partial charge in [0.1, 0.15) is 5.82 Å². The Bertz CT molecular complexity index is 828. The van der Waals surface area contributed by atoms with Gasteiger partial charge in [-0.3, -0.25) is 4.39 Å². The second-order valence-electron chi connectivity index (χ2n) is 8.11. The number of hydrogen-bond donors (Lipinski definition) is 0. The van der Waals surface area contributed by atoms with Crippen molar-refractivity contribution >= 4 is 0 Å². The maximum atomic E-state index is 13.8. The van der Waals surface area contributed by atoms with Crippen LogP contribution in [0.2, 0.25) is 0 Å². The SMILES string of the molecule is FCC/C=C/[C@H]1CC[C@H](CCc2ccc(-c3ccc(C(F)(F)F)c(F)c3)cc2)CC1. The quantitative estimate of drug-likeness (QED) is 0.312. The van der Waals surface area contributed by atoms with Crippen molar-refractivity contribution in [2.24, 2.45) is 11.8 Å². The van der Waals surface area contributed by atoms with Crippen LogP contribution in [0.15, 0.2) is 54.6 Å². The van der Waals surface area contributed by atoms with Crippen molar-refractivity contribution in [1.29, 1.82) is 0 Å². The molecule has 2 aromatic rings. The summed E-state index contributed by atoms with van der Waals surface area (Å²) in [5, 5.41) is 0. The molecule has 0 radical (unpaired) electrons. The van der Waals surface area contributed by atoms with Crippen molar-refractivity contribution in [3.8, 4) is 11.1 Å². The van der Waals surface area contributed by atoms with Crippen LogP contribution in [-0.4, -0.2) is 6.67 Å². The molecule has 0 nitrogen and oxygen atoms in total. The van der Waals surface area contributed by atoms with Crippen LogP contribution in [0.5, 0.6) is 0 Å². The summed E-state index contributed by atoms with van der Waals surface area (Å²) in [5.74, 6) is 0.0231. The summed E-state index contributed by atoms with van der Waals surface area (Å²) in [4.78, 5) is 0. The summed E-state index contributed by atoms with van der Waals surface area (Å²) < 4.78 is 64.1. The first-order chi connectivity index (χ1) is 14.4. The van der Waals surface area contributed by atoms with E-state index in [0.29, 0.717) is 29.4 Å². The van der Waals surface area contributed by atoms with Gasteiger partial charge in [0.05, 0.1) is 12.2 Å². The van der Waals surface area contributed by atoms with Crippen LogP contribution in [0.4, 0.5) is 22.0 Å². The fourth-order valence-corrected chi connectivity index (χ4v) is 4.18. The maximum absolute atomic E-state index is 13.8. The number of aryl methyl sites for hydroxylation is 1. The fraction of sp³-hybridized carbons (Fsp3) is 0.440. The summed E-state index contributed by atoms with van der Waals surface area (Å²) in [7, 11) is 0. The summed E-state index contributed by atoms with van der Waals surface area (Å²) in [6.45, 7) is -0.293. The molecule has 0 aromatic heterocycles. The van der Waals surface area contributed by atoms with E-state index in [1.807, 2.05) is 30.3 Å². The molecule has 1 aliphatic rings. The average Bonchev–Trinajstić information content (AvgIpc) is 2.73. The molecule has 5 heteroatoms. The van der Waals surface area contributed by atoms with Crippen LogP contribution in [0.25, 0.3) is 11.1 Å². The second-order valence-corrected chi connectivity index (χ2v) is 8.11. The summed E-state index contributed by atoms with van der Waals surface area (Å²) in [5.41, 5.74) is 1.07. The third-order valence-corrected chi connectivity index (χ3v) is 5.98. The van der Waals surface area contributed by atoms with E-state index in [0.717, 1.165) is 37.8 Å². The van der Waals surface area contributed by atoms with Crippen molar-refractivity contribution < 1.29 is 22.0 Å². The molecular formula is C25H27F5. The lowest BCUT2D eigenvalue weighted by atomic mass is 9.79. The molecule has 0 atom stereocenters. The van der Waals surface area contributed by atoms with Crippen LogP contribution in [0.1, 0.15) is 49.7 Å². The molecule has 30 heavy (non-hydrogen) atoms. The smallest absolute Gasteiger partial charge is 0.251 e. The van der Waals surface area contributed by atoms with Gasteiger partial charge in [0.15, 0.2) is 0 Å². The van der Waals surface area contributed by atoms with Crippen LogP contribution >= 0.6 is 0 Å². The molecular weight excluding hydrogens is 395 g/mol. The predicted molar refractivity (Wildman–Crippen MR) is 110 cm³/mol. The first kappa shape index (κ1) is 22.5. The van der Waals surface area contributed by atoms with E-state index in [1.54, 1.807) is 0 Å². The normalized spacial score (nSPS) is 20.0. The highest BCUT2D eigenvalue weighted by molar-refractivity contribution is 5.64. The van der Waals surface area contributed by atoms with Crippen molar-refractivity contribution in [3.05, 3.63) is 71.6 Å². The largest absolute Gasteiger partial charge is 0.419 e. The molecule has 3 rings (SSSR count). The first-order valence-corrected chi connectivity index (χ1v) is 10.6. The van der Waals surface area contributed by atoms with Crippen LogP contribution in [-0.2, 0) is 12.6 Å². The molecule has 0 saturated heterocycles. The van der Waals surface area contributed by atoms with Gasteiger partial charge in [0.25, 0.3) is 0 Å². The van der Waals surface area contributed by atoms with Gasteiger partial charge in [-0.1, -0.05) is 42.5 Å². The molecule has 0 heterocycles. The Morgan fingerprint density at radius 1 is 0.900 bits per heavy atom. The molecule has 2 aromatic carbocycles. The fourth-order valence-electron chi connectivity index (χ4n) is 4.18. The molecule has 1 fully saturated rings. The van der Waals surface area contributed by atoms with Gasteiger partial charge in [-0.25, -0.2) is 4.39 Å². The number of alkyl halides is 4. The highest BCUT2D eigenvalue weighted by Gasteiger charge is 2.33. The van der Waals surface area contributed by atoms with E-state index < -0.39 is 17.6 Å². The second kappa shape index (κ2) is 10.2. The highest BCUT2D eigenvalue weighted by atomic mass is 19.4. The Balaban J connectivity index is 1.51. The molecule has 0 bridgehead atoms. The lowest BCUT2D eigenvalue weighted by molar-refractivity contribution is -0.139. The third kappa shape index (κ3) is 6.16. The van der Waals surface area contributed by atoms with Crippen molar-refractivity contribution in [2.45, 2.75) is 51.1 Å². The van der Waals surface area contributed by atoms with Crippen LogP contribution < -0.4 is 0 Å². The van der Waals surface area contributed by atoms with Crippen LogP contribution in [0, 0.1) is 17.7 Å². The van der Waals surface area contributed by atoms with E-state index in [-0.39, 0.29) is 6.67 Å². The van der Waals surface area contributed by atoms with Gasteiger partial charge in [-0.2, -0.15) is 13.2 Å². The summed E-state index contributed by atoms with van der Waals surface area (Å²) in [6.07, 6.45) is 6.70. The monoisotopic (exact) mass is 422 g/mol. The minimum atomic E-state index is -4.68. The van der Waals surface area contributed by atoms with Gasteiger partial charge < -0.3 is 0 Å². The molecule has 1 aliphatic carbocycles.